The first-order chi connectivity index (χ1) is 21.0. The maximum absolute atomic E-state index is 14.4. The van der Waals surface area contributed by atoms with Gasteiger partial charge in [-0.3, -0.25) is 13.9 Å². The summed E-state index contributed by atoms with van der Waals surface area (Å²) in [5.41, 5.74) is 2.97. The highest BCUT2D eigenvalue weighted by Gasteiger charge is 2.34. The third kappa shape index (κ3) is 8.80. The Labute approximate surface area is 269 Å². The number of carbonyl (C=O) groups excluding carboxylic acids is 2. The number of rotatable bonds is 13. The van der Waals surface area contributed by atoms with Gasteiger partial charge in [0.25, 0.3) is 10.0 Å². The van der Waals surface area contributed by atoms with Gasteiger partial charge in [-0.15, -0.1) is 0 Å². The molecule has 44 heavy (non-hydrogen) atoms. The Morgan fingerprint density at radius 1 is 0.795 bits per heavy atom. The Hall–Kier alpha value is -3.95. The molecule has 0 fully saturated rings. The molecule has 7 nitrogen and oxygen atoms in total. The van der Waals surface area contributed by atoms with Crippen molar-refractivity contribution in [3.8, 4) is 0 Å². The first-order valence-corrected chi connectivity index (χ1v) is 16.8. The summed E-state index contributed by atoms with van der Waals surface area (Å²) in [6.07, 6.45) is 0.267. The molecule has 1 N–H and O–H groups in total. The second-order valence-electron chi connectivity index (χ2n) is 11.2. The number of nitrogens with zero attached hydrogens (tertiary/aromatic N) is 2. The van der Waals surface area contributed by atoms with Crippen molar-refractivity contribution >= 4 is 43.5 Å². The molecular weight excluding hydrogens is 638 g/mol. The molecule has 4 aromatic rings. The Morgan fingerprint density at radius 2 is 1.39 bits per heavy atom. The van der Waals surface area contributed by atoms with Crippen molar-refractivity contribution in [3.05, 3.63) is 130 Å². The highest BCUT2D eigenvalue weighted by Crippen LogP contribution is 2.25. The third-order valence-electron chi connectivity index (χ3n) is 7.15. The maximum Gasteiger partial charge on any atom is 0.264 e. The zero-order chi connectivity index (χ0) is 31.7. The zero-order valence-electron chi connectivity index (χ0n) is 25.2. The molecule has 0 aromatic heterocycles. The Bertz CT molecular complexity index is 1630. The Morgan fingerprint density at radius 3 is 1.98 bits per heavy atom. The predicted molar refractivity (Wildman–Crippen MR) is 179 cm³/mol. The van der Waals surface area contributed by atoms with Crippen molar-refractivity contribution in [1.29, 1.82) is 0 Å². The fourth-order valence-corrected chi connectivity index (χ4v) is 6.40. The summed E-state index contributed by atoms with van der Waals surface area (Å²) in [5.74, 6) is -0.575. The molecule has 0 bridgehead atoms. The van der Waals surface area contributed by atoms with Gasteiger partial charge < -0.3 is 10.2 Å². The number of aryl methyl sites for hydroxylation is 1. The van der Waals surface area contributed by atoms with E-state index < -0.39 is 28.5 Å². The van der Waals surface area contributed by atoms with E-state index in [4.69, 9.17) is 0 Å². The van der Waals surface area contributed by atoms with Gasteiger partial charge in [-0.05, 0) is 60.4 Å². The number of amides is 2. The van der Waals surface area contributed by atoms with E-state index in [1.165, 1.54) is 4.90 Å². The smallest absolute Gasteiger partial charge is 0.264 e. The van der Waals surface area contributed by atoms with Crippen LogP contribution in [0.1, 0.15) is 30.5 Å². The second-order valence-corrected chi connectivity index (χ2v) is 13.9. The first kappa shape index (κ1) is 33.0. The van der Waals surface area contributed by atoms with Crippen LogP contribution in [0.25, 0.3) is 0 Å². The highest BCUT2D eigenvalue weighted by atomic mass is 79.9. The molecule has 4 aromatic carbocycles. The van der Waals surface area contributed by atoms with Gasteiger partial charge in [0, 0.05) is 24.0 Å². The number of para-hydroxylation sites is 1. The number of sulfonamides is 1. The maximum atomic E-state index is 14.4. The number of anilines is 1. The van der Waals surface area contributed by atoms with Crippen LogP contribution in [0.5, 0.6) is 0 Å². The predicted octanol–water partition coefficient (Wildman–Crippen LogP) is 6.37. The van der Waals surface area contributed by atoms with E-state index in [1.807, 2.05) is 75.4 Å². The van der Waals surface area contributed by atoms with Crippen molar-refractivity contribution in [2.45, 2.75) is 44.7 Å². The van der Waals surface area contributed by atoms with Crippen LogP contribution in [-0.4, -0.2) is 44.3 Å². The van der Waals surface area contributed by atoms with Gasteiger partial charge in [0.05, 0.1) is 10.6 Å². The normalized spacial score (nSPS) is 12.0. The molecule has 0 saturated carbocycles. The second kappa shape index (κ2) is 15.2. The molecule has 9 heteroatoms. The lowest BCUT2D eigenvalue weighted by atomic mass is 10.0. The lowest BCUT2D eigenvalue weighted by Crippen LogP contribution is -2.53. The van der Waals surface area contributed by atoms with Crippen molar-refractivity contribution in [2.75, 3.05) is 17.4 Å². The van der Waals surface area contributed by atoms with Crippen LogP contribution < -0.4 is 9.62 Å². The fraction of sp³-hybridized carbons (Fsp3) is 0.257. The van der Waals surface area contributed by atoms with Gasteiger partial charge in [-0.1, -0.05) is 108 Å². The quantitative estimate of drug-likeness (QED) is 0.179. The number of carbonyl (C=O) groups is 2. The zero-order valence-corrected chi connectivity index (χ0v) is 27.6. The van der Waals surface area contributed by atoms with Crippen LogP contribution in [-0.2, 0) is 32.6 Å². The highest BCUT2D eigenvalue weighted by molar-refractivity contribution is 9.10. The summed E-state index contributed by atoms with van der Waals surface area (Å²) in [6, 6.07) is 31.3. The van der Waals surface area contributed by atoms with Crippen molar-refractivity contribution in [3.63, 3.8) is 0 Å². The summed E-state index contributed by atoms with van der Waals surface area (Å²) in [5, 5.41) is 3.01. The van der Waals surface area contributed by atoms with Crippen LogP contribution in [0.4, 0.5) is 5.69 Å². The number of halogens is 1. The minimum atomic E-state index is -4.13. The third-order valence-corrected chi connectivity index (χ3v) is 9.47. The SMILES string of the molecule is Cc1ccc(S(=O)(=O)N(CC(=O)N(Cc2ccc(Br)cc2)[C@@H](Cc2ccccc2)C(=O)NCC(C)C)c2ccccc2)cc1. The molecule has 0 spiro atoms. The summed E-state index contributed by atoms with van der Waals surface area (Å²) >= 11 is 3.46. The van der Waals surface area contributed by atoms with Crippen LogP contribution in [0.3, 0.4) is 0 Å². The lowest BCUT2D eigenvalue weighted by molar-refractivity contribution is -0.140. The van der Waals surface area contributed by atoms with Crippen molar-refractivity contribution < 1.29 is 18.0 Å². The largest absolute Gasteiger partial charge is 0.354 e. The molecule has 0 heterocycles. The standard InChI is InChI=1S/C35H38BrN3O4S/c1-26(2)23-37-35(41)33(22-28-10-6-4-7-11-28)38(24-29-16-18-30(36)19-17-29)34(40)25-39(31-12-8-5-9-13-31)44(42,43)32-20-14-27(3)15-21-32/h4-21,26,33H,22-25H2,1-3H3,(H,37,41)/t33-/m0/s1. The molecule has 1 atom stereocenters. The van der Waals surface area contributed by atoms with Crippen molar-refractivity contribution in [2.24, 2.45) is 5.92 Å². The average Bonchev–Trinajstić information content (AvgIpc) is 3.02. The van der Waals surface area contributed by atoms with Gasteiger partial charge in [-0.25, -0.2) is 8.42 Å². The summed E-state index contributed by atoms with van der Waals surface area (Å²) in [7, 11) is -4.13. The van der Waals surface area contributed by atoms with E-state index in [9.17, 15) is 18.0 Å². The van der Waals surface area contributed by atoms with E-state index in [0.717, 1.165) is 25.5 Å². The molecular formula is C35H38BrN3O4S. The Kier molecular flexibility index (Phi) is 11.4. The summed E-state index contributed by atoms with van der Waals surface area (Å²) in [6.45, 7) is 5.97. The first-order valence-electron chi connectivity index (χ1n) is 14.5. The molecule has 230 valence electrons. The van der Waals surface area contributed by atoms with E-state index in [2.05, 4.69) is 21.2 Å². The molecule has 0 aliphatic carbocycles. The van der Waals surface area contributed by atoms with Crippen LogP contribution in [0, 0.1) is 12.8 Å². The number of hydrogen-bond acceptors (Lipinski definition) is 4. The Balaban J connectivity index is 1.77. The summed E-state index contributed by atoms with van der Waals surface area (Å²) < 4.78 is 30.1. The van der Waals surface area contributed by atoms with Gasteiger partial charge in [0.2, 0.25) is 11.8 Å². The van der Waals surface area contributed by atoms with Crippen LogP contribution in [0.2, 0.25) is 0 Å². The van der Waals surface area contributed by atoms with Crippen molar-refractivity contribution in [1.82, 2.24) is 10.2 Å². The van der Waals surface area contributed by atoms with E-state index >= 15 is 0 Å². The molecule has 2 amide bonds. The number of nitrogens with one attached hydrogen (secondary N) is 1. The lowest BCUT2D eigenvalue weighted by Gasteiger charge is -2.34. The summed E-state index contributed by atoms with van der Waals surface area (Å²) in [4.78, 5) is 29.8. The van der Waals surface area contributed by atoms with E-state index in [-0.39, 0.29) is 29.7 Å². The minimum absolute atomic E-state index is 0.0784. The topological polar surface area (TPSA) is 86.8 Å². The van der Waals surface area contributed by atoms with Crippen LogP contribution in [0.15, 0.2) is 119 Å². The average molecular weight is 677 g/mol. The number of benzene rings is 4. The fourth-order valence-electron chi connectivity index (χ4n) is 4.72. The monoisotopic (exact) mass is 675 g/mol. The van der Waals surface area contributed by atoms with Gasteiger partial charge in [0.15, 0.2) is 0 Å². The molecule has 0 unspecified atom stereocenters. The van der Waals surface area contributed by atoms with E-state index in [1.54, 1.807) is 54.6 Å². The molecule has 0 aliphatic rings. The number of hydrogen-bond donors (Lipinski definition) is 1. The van der Waals surface area contributed by atoms with Gasteiger partial charge >= 0.3 is 0 Å². The van der Waals surface area contributed by atoms with Gasteiger partial charge in [-0.2, -0.15) is 0 Å². The minimum Gasteiger partial charge on any atom is -0.354 e. The molecule has 0 aliphatic heterocycles. The van der Waals surface area contributed by atoms with Crippen LogP contribution >= 0.6 is 15.9 Å². The van der Waals surface area contributed by atoms with E-state index in [0.29, 0.717) is 12.2 Å². The molecule has 0 saturated heterocycles. The van der Waals surface area contributed by atoms with Gasteiger partial charge in [0.1, 0.15) is 12.6 Å². The molecule has 4 rings (SSSR count). The molecule has 0 radical (unpaired) electrons.